The first-order chi connectivity index (χ1) is 13.4. The van der Waals surface area contributed by atoms with Gasteiger partial charge in [0.15, 0.2) is 4.90 Å². The summed E-state index contributed by atoms with van der Waals surface area (Å²) in [5, 5.41) is 31.2. The Morgan fingerprint density at radius 3 is 1.63 bits per heavy atom. The van der Waals surface area contributed by atoms with Crippen molar-refractivity contribution >= 4 is 41.7 Å². The third kappa shape index (κ3) is 11.1. The van der Waals surface area contributed by atoms with Crippen molar-refractivity contribution in [2.45, 2.75) is 17.6 Å². The van der Waals surface area contributed by atoms with E-state index in [1.807, 2.05) is 6.92 Å². The van der Waals surface area contributed by atoms with E-state index in [0.717, 1.165) is 16.7 Å². The average Bonchev–Trinajstić information content (AvgIpc) is 2.57. The van der Waals surface area contributed by atoms with Crippen molar-refractivity contribution in [2.75, 3.05) is 5.75 Å². The van der Waals surface area contributed by atoms with Gasteiger partial charge in [0.1, 0.15) is 17.3 Å². The first-order valence-corrected chi connectivity index (χ1v) is 15.2. The molecule has 0 aliphatic rings. The molecule has 2 rings (SSSR count). The summed E-state index contributed by atoms with van der Waals surface area (Å²) in [6, 6.07) is 10.5. The van der Waals surface area contributed by atoms with Gasteiger partial charge in [-0.25, -0.2) is 0 Å². The Hall–Kier alpha value is -2.21. The second-order valence-electron chi connectivity index (χ2n) is 5.75. The molecule has 0 saturated carbocycles. The van der Waals surface area contributed by atoms with Gasteiger partial charge in [-0.15, -0.1) is 0 Å². The van der Waals surface area contributed by atoms with Crippen molar-refractivity contribution in [3.05, 3.63) is 68.3 Å². The fourth-order valence-corrected chi connectivity index (χ4v) is 3.94. The second-order valence-corrected chi connectivity index (χ2v) is 13.5. The van der Waals surface area contributed by atoms with Crippen LogP contribution in [-0.4, -0.2) is 40.2 Å². The third-order valence-corrected chi connectivity index (χ3v) is 5.56. The number of phenols is 1. The first-order valence-electron chi connectivity index (χ1n) is 7.81. The average molecular weight is 571 g/mol. The molecule has 0 amide bonds. The summed E-state index contributed by atoms with van der Waals surface area (Å²) in [4.78, 5) is 21.6. The Bertz CT molecular complexity index is 898. The molecule has 0 fully saturated rings. The number of phenolic OH excluding ortho intramolecular Hbond substituents is 1. The minimum absolute atomic E-state index is 0.166. The normalized spacial score (nSPS) is 14.5. The maximum atomic E-state index is 10.9. The summed E-state index contributed by atoms with van der Waals surface area (Å²) >= 11 is -11.2. The zero-order valence-corrected chi connectivity index (χ0v) is 18.4. The Labute approximate surface area is 170 Å². The SMILES string of the molecule is CC[S+](Cc1cc([N+](=O)[O-])cc([N+](=O)[O-])c1)c1ccc(O)cc1.[F][Sb-]([F])([F])([F])([F])[F]. The molecule has 0 radical (unpaired) electrons. The summed E-state index contributed by atoms with van der Waals surface area (Å²) in [7, 11) is -0.253. The van der Waals surface area contributed by atoms with Gasteiger partial charge in [0.05, 0.1) is 15.9 Å². The van der Waals surface area contributed by atoms with E-state index in [-0.39, 0.29) is 28.0 Å². The Balaban J connectivity index is 0.000000553. The van der Waals surface area contributed by atoms with Crippen LogP contribution in [0.3, 0.4) is 0 Å². The molecule has 1 atom stereocenters. The van der Waals surface area contributed by atoms with E-state index in [1.165, 1.54) is 12.1 Å². The van der Waals surface area contributed by atoms with Gasteiger partial charge in [0, 0.05) is 28.6 Å². The number of nitro groups is 2. The molecule has 2 aromatic rings. The van der Waals surface area contributed by atoms with Gasteiger partial charge in [-0.2, -0.15) is 0 Å². The maximum absolute atomic E-state index is 11.2. The Kier molecular flexibility index (Phi) is 7.31. The topological polar surface area (TPSA) is 107 Å². The third-order valence-electron chi connectivity index (χ3n) is 3.24. The van der Waals surface area contributed by atoms with Crippen LogP contribution in [0.4, 0.5) is 28.3 Å². The van der Waals surface area contributed by atoms with Crippen LogP contribution in [0.2, 0.25) is 0 Å². The van der Waals surface area contributed by atoms with Crippen molar-refractivity contribution in [2.24, 2.45) is 0 Å². The van der Waals surface area contributed by atoms with Crippen LogP contribution in [0.25, 0.3) is 0 Å². The molecule has 0 aromatic heterocycles. The first kappa shape index (κ1) is 25.8. The van der Waals surface area contributed by atoms with Gasteiger partial charge in [-0.3, -0.25) is 20.2 Å². The molecule has 30 heavy (non-hydrogen) atoms. The van der Waals surface area contributed by atoms with E-state index < -0.39 is 29.3 Å². The van der Waals surface area contributed by atoms with Crippen molar-refractivity contribution in [1.82, 2.24) is 0 Å². The van der Waals surface area contributed by atoms with Gasteiger partial charge in [-0.1, -0.05) is 0 Å². The number of non-ortho nitro benzene ring substituents is 2. The molecular weight excluding hydrogens is 556 g/mol. The fourth-order valence-electron chi connectivity index (χ4n) is 2.14. The van der Waals surface area contributed by atoms with Crippen molar-refractivity contribution < 1.29 is 31.8 Å². The van der Waals surface area contributed by atoms with Crippen molar-refractivity contribution in [3.63, 3.8) is 0 Å². The predicted molar refractivity (Wildman–Crippen MR) is 100 cm³/mol. The number of aromatic hydroxyl groups is 1. The predicted octanol–water partition coefficient (Wildman–Crippen LogP) is 5.55. The van der Waals surface area contributed by atoms with E-state index >= 15 is 0 Å². The second kappa shape index (κ2) is 8.50. The van der Waals surface area contributed by atoms with Gasteiger partial charge in [-0.05, 0) is 31.2 Å². The molecule has 168 valence electrons. The van der Waals surface area contributed by atoms with Gasteiger partial charge >= 0.3 is 36.4 Å². The van der Waals surface area contributed by atoms with Crippen LogP contribution in [0.1, 0.15) is 12.5 Å². The molecule has 2 aromatic carbocycles. The van der Waals surface area contributed by atoms with Crippen LogP contribution >= 0.6 is 0 Å². The number of halogens is 6. The number of rotatable bonds is 6. The van der Waals surface area contributed by atoms with E-state index in [9.17, 15) is 42.2 Å². The number of benzene rings is 2. The number of hydrogen-bond acceptors (Lipinski definition) is 5. The molecule has 1 unspecified atom stereocenters. The molecule has 1 N–H and O–H groups in total. The standard InChI is InChI=1S/C15H14N2O5S.6FH.Sb/c1-2-23(15-5-3-14(18)4-6-15)10-11-7-12(16(19)20)9-13(8-11)17(21)22;;;;;;;/h3-9H,2,10H2,1H3;6*1H;/q;;;;;;;+5/p-5. The van der Waals surface area contributed by atoms with E-state index in [1.54, 1.807) is 24.3 Å². The molecule has 0 bridgehead atoms. The Morgan fingerprint density at radius 1 is 0.900 bits per heavy atom. The van der Waals surface area contributed by atoms with Gasteiger partial charge in [0.2, 0.25) is 0 Å². The van der Waals surface area contributed by atoms with Gasteiger partial charge in [0.25, 0.3) is 11.4 Å². The van der Waals surface area contributed by atoms with E-state index in [2.05, 4.69) is 0 Å². The molecule has 0 spiro atoms. The zero-order valence-electron chi connectivity index (χ0n) is 15.1. The van der Waals surface area contributed by atoms with Crippen molar-refractivity contribution in [1.29, 1.82) is 0 Å². The summed E-state index contributed by atoms with van der Waals surface area (Å²) < 4.78 is 59.6. The van der Waals surface area contributed by atoms with Crippen LogP contribution in [0.15, 0.2) is 47.4 Å². The summed E-state index contributed by atoms with van der Waals surface area (Å²) in [5.41, 5.74) is 0.00303. The summed E-state index contributed by atoms with van der Waals surface area (Å²) in [6.07, 6.45) is 0. The molecule has 0 saturated heterocycles. The molecule has 0 aliphatic carbocycles. The fraction of sp³-hybridized carbons (Fsp3) is 0.200. The Morgan fingerprint density at radius 2 is 1.30 bits per heavy atom. The minimum atomic E-state index is -11.2. The molecule has 0 aliphatic heterocycles. The molecule has 7 nitrogen and oxygen atoms in total. The zero-order chi connectivity index (χ0) is 23.4. The summed E-state index contributed by atoms with van der Waals surface area (Å²) in [5.74, 6) is 1.44. The molecular formula is C15H15F6N2O5SSb. The monoisotopic (exact) mass is 570 g/mol. The molecule has 0 heterocycles. The number of nitro benzene ring substituents is 2. The van der Waals surface area contributed by atoms with E-state index in [0.29, 0.717) is 11.3 Å². The van der Waals surface area contributed by atoms with Gasteiger partial charge < -0.3 is 5.11 Å². The number of nitrogens with zero attached hydrogens (tertiary/aromatic N) is 2. The van der Waals surface area contributed by atoms with E-state index in [4.69, 9.17) is 0 Å². The van der Waals surface area contributed by atoms with Crippen LogP contribution in [0, 0.1) is 20.2 Å². The van der Waals surface area contributed by atoms with Crippen molar-refractivity contribution in [3.8, 4) is 5.75 Å². The quantitative estimate of drug-likeness (QED) is 0.161. The molecule has 15 heteroatoms. The van der Waals surface area contributed by atoms with Crippen LogP contribution in [0.5, 0.6) is 5.75 Å². The van der Waals surface area contributed by atoms with Crippen LogP contribution in [-0.2, 0) is 16.6 Å². The summed E-state index contributed by atoms with van der Waals surface area (Å²) in [6.45, 7) is 1.99. The van der Waals surface area contributed by atoms with Crippen LogP contribution < -0.4 is 0 Å². The number of hydrogen-bond donors (Lipinski definition) is 1.